The fourth-order valence-corrected chi connectivity index (χ4v) is 8.99. The van der Waals surface area contributed by atoms with E-state index in [1.807, 2.05) is 18.9 Å². The number of allylic oxidation sites excluding steroid dienone is 2. The van der Waals surface area contributed by atoms with Gasteiger partial charge in [-0.15, -0.1) is 0 Å². The summed E-state index contributed by atoms with van der Waals surface area (Å²) >= 11 is 2.04. The minimum absolute atomic E-state index is 0.0773. The molecule has 2 N–H and O–H groups in total. The van der Waals surface area contributed by atoms with Gasteiger partial charge in [0.15, 0.2) is 0 Å². The van der Waals surface area contributed by atoms with Gasteiger partial charge in [0, 0.05) is 19.2 Å². The number of rotatable bonds is 11. The fraction of sp³-hybridized carbons (Fsp3) is 0.818. The van der Waals surface area contributed by atoms with Crippen LogP contribution in [0.15, 0.2) is 23.0 Å². The molecule has 1 aliphatic carbocycles. The minimum atomic E-state index is -0.0773. The first-order chi connectivity index (χ1) is 12.9. The largest absolute Gasteiger partial charge is 0.383 e. The third kappa shape index (κ3) is 5.82. The van der Waals surface area contributed by atoms with Gasteiger partial charge in [-0.3, -0.25) is 5.43 Å². The molecule has 0 saturated carbocycles. The molecule has 0 aromatic carbocycles. The summed E-state index contributed by atoms with van der Waals surface area (Å²) in [6.07, 6.45) is 12.1. The van der Waals surface area contributed by atoms with Crippen molar-refractivity contribution >= 4 is 19.7 Å². The van der Waals surface area contributed by atoms with Crippen LogP contribution < -0.4 is 5.43 Å². The van der Waals surface area contributed by atoms with Crippen molar-refractivity contribution in [2.45, 2.75) is 89.0 Å². The molecule has 5 heteroatoms. The monoisotopic (exact) mass is 413 g/mol. The topological polar surface area (TPSA) is 29.1 Å². The van der Waals surface area contributed by atoms with E-state index in [0.29, 0.717) is 17.3 Å². The molecule has 1 fully saturated rings. The van der Waals surface area contributed by atoms with Crippen molar-refractivity contribution in [3.63, 3.8) is 0 Å². The third-order valence-corrected chi connectivity index (χ3v) is 10.5. The van der Waals surface area contributed by atoms with Gasteiger partial charge < -0.3 is 4.74 Å². The van der Waals surface area contributed by atoms with E-state index in [2.05, 4.69) is 63.5 Å². The van der Waals surface area contributed by atoms with Crippen LogP contribution in [0.2, 0.25) is 0 Å². The molecule has 0 spiro atoms. The number of nitrogens with zero attached hydrogens (tertiary/aromatic N) is 1. The smallest absolute Gasteiger partial charge is 0.141 e. The maximum atomic E-state index is 5.51. The first kappa shape index (κ1) is 23.4. The summed E-state index contributed by atoms with van der Waals surface area (Å²) in [5, 5.41) is 5.03. The number of hydrogen-bond donors (Lipinski definition) is 1. The van der Waals surface area contributed by atoms with E-state index < -0.39 is 0 Å². The molecule has 156 valence electrons. The molecule has 2 rings (SSSR count). The maximum Gasteiger partial charge on any atom is 0.141 e. The third-order valence-electron chi connectivity index (χ3n) is 5.96. The van der Waals surface area contributed by atoms with Crippen molar-refractivity contribution in [3.8, 4) is 0 Å². The Morgan fingerprint density at radius 3 is 2.56 bits per heavy atom. The van der Waals surface area contributed by atoms with Crippen LogP contribution in [0.5, 0.6) is 0 Å². The predicted molar refractivity (Wildman–Crippen MR) is 123 cm³/mol. The van der Waals surface area contributed by atoms with E-state index in [0.717, 1.165) is 17.9 Å². The number of methoxy groups -OCH3 is 1. The Morgan fingerprint density at radius 1 is 1.30 bits per heavy atom. The highest BCUT2D eigenvalue weighted by Crippen LogP contribution is 2.57. The van der Waals surface area contributed by atoms with Gasteiger partial charge in [0.05, 0.1) is 17.9 Å². The molecule has 3 nitrogen and oxygen atoms in total. The summed E-state index contributed by atoms with van der Waals surface area (Å²) in [5.41, 5.74) is 5.76. The van der Waals surface area contributed by atoms with Crippen molar-refractivity contribution in [2.24, 2.45) is 0 Å². The summed E-state index contributed by atoms with van der Waals surface area (Å²) in [5.74, 6) is 0. The Kier molecular flexibility index (Phi) is 9.85. The molecule has 2 aliphatic rings. The highest BCUT2D eigenvalue weighted by atomic mass is 32.2. The van der Waals surface area contributed by atoms with Crippen molar-refractivity contribution in [1.29, 1.82) is 0 Å². The highest BCUT2D eigenvalue weighted by Gasteiger charge is 2.37. The van der Waals surface area contributed by atoms with Crippen LogP contribution in [0, 0.1) is 0 Å². The zero-order valence-corrected chi connectivity index (χ0v) is 20.3. The molecule has 1 heterocycles. The lowest BCUT2D eigenvalue weighted by molar-refractivity contribution is -0.826. The first-order valence-electron chi connectivity index (χ1n) is 10.7. The Labute approximate surface area is 173 Å². The quantitative estimate of drug-likeness (QED) is 0.396. The van der Waals surface area contributed by atoms with Crippen LogP contribution in [0.3, 0.4) is 0 Å². The van der Waals surface area contributed by atoms with Crippen LogP contribution in [0.4, 0.5) is 0 Å². The molecule has 1 aliphatic heterocycles. The summed E-state index contributed by atoms with van der Waals surface area (Å²) in [6.45, 7) is 14.1. The average molecular weight is 414 g/mol. The number of hydrogen-bond acceptors (Lipinski definition) is 3. The molecule has 0 amide bonds. The van der Waals surface area contributed by atoms with E-state index in [4.69, 9.17) is 4.74 Å². The number of nitrogens with two attached hydrogens (primary N) is 1. The van der Waals surface area contributed by atoms with Gasteiger partial charge in [-0.05, 0) is 48.6 Å². The van der Waals surface area contributed by atoms with Gasteiger partial charge in [0.1, 0.15) is 6.04 Å². The fourth-order valence-electron chi connectivity index (χ4n) is 4.86. The Balaban J connectivity index is 2.34. The minimum Gasteiger partial charge on any atom is -0.383 e. The lowest BCUT2D eigenvalue weighted by Gasteiger charge is -2.34. The molecule has 0 aromatic rings. The Morgan fingerprint density at radius 2 is 2.00 bits per heavy atom. The lowest BCUT2D eigenvalue weighted by atomic mass is 10.0. The van der Waals surface area contributed by atoms with Gasteiger partial charge >= 0.3 is 0 Å². The van der Waals surface area contributed by atoms with E-state index >= 15 is 0 Å². The standard InChI is InChI=1S/C22H41N2OPS/c1-8-21(27-7)22(23-24-14-10-11-18(24)15-25-6)19-12-9-13-20(19)26(16(2)3)17(4)5/h9,12,16-18,21-23H,8,10-11,13-15H2,1-7H3/p+1. The van der Waals surface area contributed by atoms with Crippen molar-refractivity contribution in [3.05, 3.63) is 23.0 Å². The number of thioether (sulfide) groups is 1. The molecule has 27 heavy (non-hydrogen) atoms. The summed E-state index contributed by atoms with van der Waals surface area (Å²) in [7, 11) is 1.76. The second kappa shape index (κ2) is 11.4. The van der Waals surface area contributed by atoms with Crippen molar-refractivity contribution in [1.82, 2.24) is 5.01 Å². The molecule has 0 bridgehead atoms. The van der Waals surface area contributed by atoms with Crippen molar-refractivity contribution < 1.29 is 10.2 Å². The maximum absolute atomic E-state index is 5.51. The van der Waals surface area contributed by atoms with Crippen molar-refractivity contribution in [2.75, 3.05) is 26.5 Å². The predicted octanol–water partition coefficient (Wildman–Crippen LogP) is 4.60. The van der Waals surface area contributed by atoms with Crippen LogP contribution in [0.25, 0.3) is 0 Å². The Hall–Kier alpha value is 0.140. The molecule has 1 saturated heterocycles. The van der Waals surface area contributed by atoms with E-state index in [9.17, 15) is 0 Å². The van der Waals surface area contributed by atoms with Crippen LogP contribution in [-0.4, -0.2) is 60.2 Å². The molecular formula is C22H42N2OPS+. The lowest BCUT2D eigenvalue weighted by Crippen LogP contribution is -3.01. The molecule has 0 radical (unpaired) electrons. The zero-order chi connectivity index (χ0) is 20.0. The molecular weight excluding hydrogens is 371 g/mol. The second-order valence-electron chi connectivity index (χ2n) is 8.45. The highest BCUT2D eigenvalue weighted by molar-refractivity contribution is 7.99. The zero-order valence-electron chi connectivity index (χ0n) is 18.6. The van der Waals surface area contributed by atoms with E-state index in [1.165, 1.54) is 32.2 Å². The molecule has 0 aromatic heterocycles. The second-order valence-corrected chi connectivity index (χ2v) is 12.9. The summed E-state index contributed by atoms with van der Waals surface area (Å²) < 4.78 is 5.51. The first-order valence-corrected chi connectivity index (χ1v) is 13.5. The normalized spacial score (nSPS) is 23.4. The van der Waals surface area contributed by atoms with Crippen LogP contribution in [-0.2, 0) is 4.74 Å². The van der Waals surface area contributed by atoms with Gasteiger partial charge in [-0.1, -0.05) is 54.7 Å². The molecule has 3 unspecified atom stereocenters. The van der Waals surface area contributed by atoms with E-state index in [-0.39, 0.29) is 7.92 Å². The SMILES string of the molecule is CCC(SC)C([NH2+]N1CCCC1COC)C1=C(P(C(C)C)C(C)C)CC=C1. The summed E-state index contributed by atoms with van der Waals surface area (Å²) in [4.78, 5) is 0. The van der Waals surface area contributed by atoms with Crippen LogP contribution >= 0.6 is 19.7 Å². The van der Waals surface area contributed by atoms with Gasteiger partial charge in [0.2, 0.25) is 0 Å². The van der Waals surface area contributed by atoms with Gasteiger partial charge in [-0.2, -0.15) is 16.8 Å². The summed E-state index contributed by atoms with van der Waals surface area (Å²) in [6, 6.07) is 1.08. The van der Waals surface area contributed by atoms with E-state index in [1.54, 1.807) is 10.9 Å². The van der Waals surface area contributed by atoms with Crippen LogP contribution in [0.1, 0.15) is 60.3 Å². The molecule has 3 atom stereocenters. The van der Waals surface area contributed by atoms with Gasteiger partial charge in [0.25, 0.3) is 0 Å². The number of quaternary nitrogens is 1. The number of ether oxygens (including phenoxy) is 1. The Bertz CT molecular complexity index is 508. The van der Waals surface area contributed by atoms with Gasteiger partial charge in [-0.25, -0.2) is 0 Å². The average Bonchev–Trinajstić information content (AvgIpc) is 3.24.